The molecule has 3 nitrogen and oxygen atoms in total. The summed E-state index contributed by atoms with van der Waals surface area (Å²) < 4.78 is 58.8. The van der Waals surface area contributed by atoms with E-state index >= 15 is 0 Å². The zero-order valence-electron chi connectivity index (χ0n) is 24.3. The molecular weight excluding hydrogens is 585 g/mol. The minimum absolute atomic E-state index is 0. The average Bonchev–Trinajstić information content (AvgIpc) is 3.33. The Kier molecular flexibility index (Phi) is 4.87. The van der Waals surface area contributed by atoms with Gasteiger partial charge < -0.3 is 14.4 Å². The number of furan rings is 1. The summed E-state index contributed by atoms with van der Waals surface area (Å²) in [5.74, 6) is 0. The number of fused-ring (bicyclic) bond motifs is 3. The molecule has 0 saturated heterocycles. The van der Waals surface area contributed by atoms with Crippen LogP contribution in [0.15, 0.2) is 102 Å². The summed E-state index contributed by atoms with van der Waals surface area (Å²) in [6.45, 7) is -2.07. The smallest absolute Gasteiger partial charge is 0.123 e. The van der Waals surface area contributed by atoms with Gasteiger partial charge in [-0.05, 0) is 41.3 Å². The van der Waals surface area contributed by atoms with E-state index in [0.717, 1.165) is 28.5 Å². The molecular formula is C29H22IrN2O-2. The maximum atomic E-state index is 8.10. The van der Waals surface area contributed by atoms with Crippen molar-refractivity contribution in [1.82, 2.24) is 9.97 Å². The Labute approximate surface area is 217 Å². The second kappa shape index (κ2) is 10.4. The van der Waals surface area contributed by atoms with Crippen molar-refractivity contribution in [3.63, 3.8) is 0 Å². The molecule has 3 heterocycles. The van der Waals surface area contributed by atoms with Gasteiger partial charge in [0.2, 0.25) is 0 Å². The average molecular weight is 614 g/mol. The fraction of sp³-hybridized carbons (Fsp3) is 0.0690. The minimum atomic E-state index is -2.07. The maximum Gasteiger partial charge on any atom is 0.123 e. The molecule has 0 N–H and O–H groups in total. The SMILES string of the molecule is [2H]C([2H])([2H])c1ccc(C2=CC=CC[CH-]2)nc1.[2H]c1nc(-c2[c-]ccc3oc4ccccc4c23)c([2H])c([2H])c1[2H].[Ir]. The molecule has 3 aromatic heterocycles. The molecule has 0 fully saturated rings. The van der Waals surface area contributed by atoms with Gasteiger partial charge in [0.1, 0.15) is 5.58 Å². The molecule has 33 heavy (non-hydrogen) atoms. The van der Waals surface area contributed by atoms with Gasteiger partial charge >= 0.3 is 0 Å². The fourth-order valence-corrected chi connectivity index (χ4v) is 3.52. The van der Waals surface area contributed by atoms with Crippen LogP contribution in [-0.2, 0) is 20.1 Å². The monoisotopic (exact) mass is 614 g/mol. The molecule has 4 heteroatoms. The summed E-state index contributed by atoms with van der Waals surface area (Å²) in [6.07, 6.45) is 10.1. The fourth-order valence-electron chi connectivity index (χ4n) is 3.52. The Hall–Kier alpha value is -3.46. The van der Waals surface area contributed by atoms with Gasteiger partial charge in [-0.1, -0.05) is 60.3 Å². The van der Waals surface area contributed by atoms with E-state index in [0.29, 0.717) is 16.7 Å². The van der Waals surface area contributed by atoms with Crippen molar-refractivity contribution in [2.24, 2.45) is 0 Å². The van der Waals surface area contributed by atoms with Gasteiger partial charge in [0.15, 0.2) is 0 Å². The van der Waals surface area contributed by atoms with Crippen LogP contribution in [0.5, 0.6) is 0 Å². The van der Waals surface area contributed by atoms with E-state index in [1.807, 2.05) is 36.4 Å². The third kappa shape index (κ3) is 4.98. The number of hydrogen-bond donors (Lipinski definition) is 0. The summed E-state index contributed by atoms with van der Waals surface area (Å²) in [5, 5.41) is 1.61. The number of nitrogens with zero attached hydrogens (tertiary/aromatic N) is 2. The van der Waals surface area contributed by atoms with Gasteiger partial charge in [0.25, 0.3) is 0 Å². The standard InChI is InChI=1S/C17H10NO.C12H12N.Ir/c1-2-9-15-13(6-1)17-12(7-5-10-16(17)19-15)14-8-3-4-11-18-14;1-10-7-8-12(13-9-10)11-5-3-2-4-6-11;/h1-6,8-11H;2-3,5-9H,4H2,1H3;/q2*-1;/i3D,4D,8D,11D;1D3;. The first kappa shape index (κ1) is 15.4. The second-order valence-corrected chi connectivity index (χ2v) is 7.06. The van der Waals surface area contributed by atoms with E-state index < -0.39 is 6.85 Å². The van der Waals surface area contributed by atoms with Crippen molar-refractivity contribution in [1.29, 1.82) is 0 Å². The molecule has 1 radical (unpaired) electrons. The van der Waals surface area contributed by atoms with Gasteiger partial charge in [-0.15, -0.1) is 29.8 Å². The molecule has 165 valence electrons. The molecule has 2 aromatic carbocycles. The summed E-state index contributed by atoms with van der Waals surface area (Å²) >= 11 is 0. The Morgan fingerprint density at radius 1 is 1.06 bits per heavy atom. The van der Waals surface area contributed by atoms with Crippen molar-refractivity contribution in [2.45, 2.75) is 13.3 Å². The first-order valence-electron chi connectivity index (χ1n) is 13.6. The second-order valence-electron chi connectivity index (χ2n) is 7.06. The van der Waals surface area contributed by atoms with Crippen molar-refractivity contribution >= 4 is 27.5 Å². The van der Waals surface area contributed by atoms with E-state index in [9.17, 15) is 0 Å². The van der Waals surface area contributed by atoms with Gasteiger partial charge in [0.05, 0.1) is 11.1 Å². The first-order chi connectivity index (χ1) is 18.6. The van der Waals surface area contributed by atoms with Crippen molar-refractivity contribution in [3.8, 4) is 11.3 Å². The van der Waals surface area contributed by atoms with Gasteiger partial charge in [-0.25, -0.2) is 0 Å². The van der Waals surface area contributed by atoms with E-state index in [2.05, 4.69) is 28.5 Å². The number of allylic oxidation sites excluding steroid dienone is 4. The molecule has 0 atom stereocenters. The Morgan fingerprint density at radius 3 is 2.82 bits per heavy atom. The normalized spacial score (nSPS) is 15.8. The Balaban J connectivity index is 0.000000192. The molecule has 0 unspecified atom stereocenters. The number of benzene rings is 2. The van der Waals surface area contributed by atoms with Crippen LogP contribution >= 0.6 is 0 Å². The van der Waals surface area contributed by atoms with Crippen LogP contribution in [0.3, 0.4) is 0 Å². The van der Waals surface area contributed by atoms with Gasteiger partial charge in [0, 0.05) is 36.6 Å². The number of pyridine rings is 2. The molecule has 0 spiro atoms. The molecule has 0 aliphatic heterocycles. The molecule has 6 rings (SSSR count). The number of para-hydroxylation sites is 1. The zero-order valence-corrected chi connectivity index (χ0v) is 19.7. The Bertz CT molecular complexity index is 1740. The van der Waals surface area contributed by atoms with Crippen LogP contribution in [0.25, 0.3) is 38.8 Å². The molecule has 1 aliphatic carbocycles. The summed E-state index contributed by atoms with van der Waals surface area (Å²) in [5.41, 5.74) is 4.17. The molecule has 0 bridgehead atoms. The first-order valence-corrected chi connectivity index (χ1v) is 10.1. The van der Waals surface area contributed by atoms with E-state index in [4.69, 9.17) is 14.0 Å². The molecule has 0 amide bonds. The third-order valence-corrected chi connectivity index (χ3v) is 4.98. The number of rotatable bonds is 2. The summed E-state index contributed by atoms with van der Waals surface area (Å²) in [7, 11) is 0. The van der Waals surface area contributed by atoms with E-state index in [1.54, 1.807) is 24.3 Å². The zero-order chi connectivity index (χ0) is 27.7. The van der Waals surface area contributed by atoms with Crippen LogP contribution < -0.4 is 0 Å². The van der Waals surface area contributed by atoms with E-state index in [-0.39, 0.29) is 55.7 Å². The Morgan fingerprint density at radius 2 is 2.00 bits per heavy atom. The van der Waals surface area contributed by atoms with Crippen molar-refractivity contribution < 1.29 is 34.1 Å². The summed E-state index contributed by atoms with van der Waals surface area (Å²) in [4.78, 5) is 8.21. The van der Waals surface area contributed by atoms with Crippen LogP contribution in [-0.4, -0.2) is 9.97 Å². The minimum Gasteiger partial charge on any atom is -0.476 e. The van der Waals surface area contributed by atoms with Crippen LogP contribution in [0.1, 0.15) is 27.3 Å². The van der Waals surface area contributed by atoms with E-state index in [1.165, 1.54) is 6.20 Å². The third-order valence-electron chi connectivity index (χ3n) is 4.98. The predicted molar refractivity (Wildman–Crippen MR) is 131 cm³/mol. The predicted octanol–water partition coefficient (Wildman–Crippen LogP) is 7.38. The molecule has 1 aliphatic rings. The van der Waals surface area contributed by atoms with Crippen molar-refractivity contribution in [3.05, 3.63) is 121 Å². The van der Waals surface area contributed by atoms with Crippen LogP contribution in [0.2, 0.25) is 0 Å². The van der Waals surface area contributed by atoms with Gasteiger partial charge in [-0.3, -0.25) is 0 Å². The van der Waals surface area contributed by atoms with Gasteiger partial charge in [-0.2, -0.15) is 18.1 Å². The summed E-state index contributed by atoms with van der Waals surface area (Å²) in [6, 6.07) is 16.6. The maximum absolute atomic E-state index is 8.10. The van der Waals surface area contributed by atoms with Crippen LogP contribution in [0, 0.1) is 19.3 Å². The topological polar surface area (TPSA) is 38.9 Å². The van der Waals surface area contributed by atoms with Crippen LogP contribution in [0.4, 0.5) is 0 Å². The van der Waals surface area contributed by atoms with Crippen molar-refractivity contribution in [2.75, 3.05) is 0 Å². The number of hydrogen-bond acceptors (Lipinski definition) is 3. The quantitative estimate of drug-likeness (QED) is 0.195. The molecule has 0 saturated carbocycles. The molecule has 5 aromatic rings. The number of aryl methyl sites for hydroxylation is 1. The largest absolute Gasteiger partial charge is 0.476 e. The number of aromatic nitrogens is 2.